The zero-order valence-electron chi connectivity index (χ0n) is 9.09. The minimum atomic E-state index is -4.91. The van der Waals surface area contributed by atoms with Crippen LogP contribution in [-0.2, 0) is 22.1 Å². The van der Waals surface area contributed by atoms with E-state index in [1.54, 1.807) is 0 Å². The van der Waals surface area contributed by atoms with Gasteiger partial charge in [0.2, 0.25) is 0 Å². The Labute approximate surface area is 98.6 Å². The summed E-state index contributed by atoms with van der Waals surface area (Å²) in [5, 5.41) is 0. The van der Waals surface area contributed by atoms with Gasteiger partial charge in [-0.2, -0.15) is 13.2 Å². The Kier molecular flexibility index (Phi) is 4.20. The summed E-state index contributed by atoms with van der Waals surface area (Å²) in [5.74, 6) is -1.05. The van der Waals surface area contributed by atoms with E-state index in [0.717, 1.165) is 13.2 Å². The molecule has 0 unspecified atom stereocenters. The Morgan fingerprint density at radius 1 is 1.44 bits per heavy atom. The van der Waals surface area contributed by atoms with Gasteiger partial charge < -0.3 is 4.74 Å². The number of carbonyl (C=O) groups is 1. The molecule has 1 aromatic rings. The Hall–Kier alpha value is -1.73. The van der Waals surface area contributed by atoms with Crippen molar-refractivity contribution in [3.63, 3.8) is 0 Å². The Morgan fingerprint density at radius 3 is 2.50 bits per heavy atom. The topological polar surface area (TPSA) is 39.2 Å². The number of alkyl halides is 5. The molecule has 8 heteroatoms. The number of pyridine rings is 1. The van der Waals surface area contributed by atoms with Gasteiger partial charge in [0.1, 0.15) is 5.69 Å². The number of aromatic nitrogens is 1. The molecule has 0 aliphatic carbocycles. The molecule has 0 fully saturated rings. The van der Waals surface area contributed by atoms with Crippen LogP contribution in [-0.4, -0.2) is 18.1 Å². The predicted molar refractivity (Wildman–Crippen MR) is 49.9 cm³/mol. The van der Waals surface area contributed by atoms with Crippen LogP contribution in [0.5, 0.6) is 0 Å². The molecule has 100 valence electrons. The molecule has 0 amide bonds. The minimum Gasteiger partial charge on any atom is -0.469 e. The van der Waals surface area contributed by atoms with Gasteiger partial charge in [0, 0.05) is 17.3 Å². The number of methoxy groups -OCH3 is 1. The first-order chi connectivity index (χ1) is 8.27. The summed E-state index contributed by atoms with van der Waals surface area (Å²) >= 11 is 0. The van der Waals surface area contributed by atoms with Crippen molar-refractivity contribution in [3.8, 4) is 0 Å². The molecule has 1 rings (SSSR count). The SMILES string of the molecule is COC(=O)Cc1c(C(F)F)ccnc1C(F)(F)F. The zero-order chi connectivity index (χ0) is 13.9. The highest BCUT2D eigenvalue weighted by Crippen LogP contribution is 2.34. The van der Waals surface area contributed by atoms with Crippen LogP contribution >= 0.6 is 0 Å². The van der Waals surface area contributed by atoms with Crippen LogP contribution in [0.15, 0.2) is 12.3 Å². The number of halogens is 5. The zero-order valence-corrected chi connectivity index (χ0v) is 9.09. The Morgan fingerprint density at radius 2 is 2.06 bits per heavy atom. The predicted octanol–water partition coefficient (Wildman–Crippen LogP) is 2.75. The lowest BCUT2D eigenvalue weighted by molar-refractivity contribution is -0.143. The van der Waals surface area contributed by atoms with E-state index in [1.807, 2.05) is 0 Å². The molecule has 0 radical (unpaired) electrons. The smallest absolute Gasteiger partial charge is 0.433 e. The third-order valence-electron chi connectivity index (χ3n) is 2.14. The van der Waals surface area contributed by atoms with Gasteiger partial charge in [0.15, 0.2) is 0 Å². The lowest BCUT2D eigenvalue weighted by Crippen LogP contribution is -2.17. The van der Waals surface area contributed by atoms with E-state index in [-0.39, 0.29) is 0 Å². The van der Waals surface area contributed by atoms with Crippen molar-refractivity contribution < 1.29 is 31.5 Å². The quantitative estimate of drug-likeness (QED) is 0.625. The van der Waals surface area contributed by atoms with Crippen molar-refractivity contribution in [2.24, 2.45) is 0 Å². The van der Waals surface area contributed by atoms with E-state index < -0.39 is 41.8 Å². The van der Waals surface area contributed by atoms with Crippen LogP contribution in [0, 0.1) is 0 Å². The molecule has 18 heavy (non-hydrogen) atoms. The minimum absolute atomic E-state index is 0.630. The average Bonchev–Trinajstić information content (AvgIpc) is 2.27. The molecular formula is C10H8F5NO2. The first kappa shape index (κ1) is 14.3. The number of hydrogen-bond acceptors (Lipinski definition) is 3. The van der Waals surface area contributed by atoms with Gasteiger partial charge in [0.25, 0.3) is 6.43 Å². The first-order valence-electron chi connectivity index (χ1n) is 4.67. The van der Waals surface area contributed by atoms with Gasteiger partial charge in [-0.15, -0.1) is 0 Å². The molecule has 0 aromatic carbocycles. The third kappa shape index (κ3) is 3.14. The van der Waals surface area contributed by atoms with E-state index in [2.05, 4.69) is 9.72 Å². The van der Waals surface area contributed by atoms with Gasteiger partial charge in [-0.05, 0) is 6.07 Å². The number of carbonyl (C=O) groups excluding carboxylic acids is 1. The highest BCUT2D eigenvalue weighted by molar-refractivity contribution is 5.73. The molecule has 0 saturated heterocycles. The maximum atomic E-state index is 12.6. The van der Waals surface area contributed by atoms with Crippen molar-refractivity contribution in [3.05, 3.63) is 29.1 Å². The second-order valence-corrected chi connectivity index (χ2v) is 3.28. The van der Waals surface area contributed by atoms with E-state index in [4.69, 9.17) is 0 Å². The Balaban J connectivity index is 3.34. The van der Waals surface area contributed by atoms with Crippen molar-refractivity contribution in [2.75, 3.05) is 7.11 Å². The summed E-state index contributed by atoms with van der Waals surface area (Å²) in [7, 11) is 0.952. The van der Waals surface area contributed by atoms with E-state index in [1.165, 1.54) is 0 Å². The van der Waals surface area contributed by atoms with E-state index >= 15 is 0 Å². The molecule has 0 spiro atoms. The van der Waals surface area contributed by atoms with E-state index in [0.29, 0.717) is 6.20 Å². The highest BCUT2D eigenvalue weighted by Gasteiger charge is 2.37. The second kappa shape index (κ2) is 5.28. The lowest BCUT2D eigenvalue weighted by atomic mass is 10.0. The van der Waals surface area contributed by atoms with Crippen molar-refractivity contribution in [2.45, 2.75) is 19.0 Å². The normalized spacial score (nSPS) is 11.7. The molecule has 0 aliphatic heterocycles. The van der Waals surface area contributed by atoms with Crippen molar-refractivity contribution >= 4 is 5.97 Å². The van der Waals surface area contributed by atoms with Crippen LogP contribution in [0.2, 0.25) is 0 Å². The number of ether oxygens (including phenoxy) is 1. The fourth-order valence-corrected chi connectivity index (χ4v) is 1.36. The number of rotatable bonds is 3. The molecule has 0 N–H and O–H groups in total. The van der Waals surface area contributed by atoms with Crippen molar-refractivity contribution in [1.82, 2.24) is 4.98 Å². The fourth-order valence-electron chi connectivity index (χ4n) is 1.36. The summed E-state index contributed by atoms with van der Waals surface area (Å²) < 4.78 is 67.1. The van der Waals surface area contributed by atoms with Crippen LogP contribution < -0.4 is 0 Å². The third-order valence-corrected chi connectivity index (χ3v) is 2.14. The standard InChI is InChI=1S/C10H8F5NO2/c1-18-7(17)4-6-5(9(11)12)2-3-16-8(6)10(13,14)15/h2-3,9H,4H2,1H3. The molecule has 1 heterocycles. The number of hydrogen-bond donors (Lipinski definition) is 0. The number of nitrogens with zero attached hydrogens (tertiary/aromatic N) is 1. The van der Waals surface area contributed by atoms with Crippen molar-refractivity contribution in [1.29, 1.82) is 0 Å². The van der Waals surface area contributed by atoms with Gasteiger partial charge in [-0.1, -0.05) is 0 Å². The number of esters is 1. The summed E-state index contributed by atoms with van der Waals surface area (Å²) in [5.41, 5.74) is -3.22. The lowest BCUT2D eigenvalue weighted by Gasteiger charge is -2.14. The molecule has 0 atom stereocenters. The van der Waals surface area contributed by atoms with Gasteiger partial charge in [0.05, 0.1) is 13.5 Å². The first-order valence-corrected chi connectivity index (χ1v) is 4.67. The van der Waals surface area contributed by atoms with Crippen LogP contribution in [0.4, 0.5) is 22.0 Å². The average molecular weight is 269 g/mol. The molecule has 3 nitrogen and oxygen atoms in total. The van der Waals surface area contributed by atoms with Gasteiger partial charge in [-0.25, -0.2) is 8.78 Å². The Bertz CT molecular complexity index is 444. The molecular weight excluding hydrogens is 261 g/mol. The van der Waals surface area contributed by atoms with Crippen LogP contribution in [0.25, 0.3) is 0 Å². The fraction of sp³-hybridized carbons (Fsp3) is 0.400. The maximum absolute atomic E-state index is 12.6. The second-order valence-electron chi connectivity index (χ2n) is 3.28. The summed E-state index contributed by atoms with van der Waals surface area (Å²) in [6.45, 7) is 0. The molecule has 1 aromatic heterocycles. The summed E-state index contributed by atoms with van der Waals surface area (Å²) in [6.07, 6.45) is -8.31. The van der Waals surface area contributed by atoms with E-state index in [9.17, 15) is 26.7 Å². The molecule has 0 aliphatic rings. The summed E-state index contributed by atoms with van der Waals surface area (Å²) in [6, 6.07) is 0.748. The molecule has 0 bridgehead atoms. The largest absolute Gasteiger partial charge is 0.469 e. The highest BCUT2D eigenvalue weighted by atomic mass is 19.4. The van der Waals surface area contributed by atoms with Gasteiger partial charge >= 0.3 is 12.1 Å². The van der Waals surface area contributed by atoms with Crippen LogP contribution in [0.1, 0.15) is 23.2 Å². The molecule has 0 saturated carbocycles. The van der Waals surface area contributed by atoms with Crippen LogP contribution in [0.3, 0.4) is 0 Å². The monoisotopic (exact) mass is 269 g/mol. The maximum Gasteiger partial charge on any atom is 0.433 e. The summed E-state index contributed by atoms with van der Waals surface area (Å²) in [4.78, 5) is 14.0. The van der Waals surface area contributed by atoms with Gasteiger partial charge in [-0.3, -0.25) is 9.78 Å².